The van der Waals surface area contributed by atoms with E-state index in [1.807, 2.05) is 11.3 Å². The molecule has 2 fully saturated rings. The van der Waals surface area contributed by atoms with Crippen molar-refractivity contribution < 1.29 is 0 Å². The molecule has 2 N–H and O–H groups in total. The summed E-state index contributed by atoms with van der Waals surface area (Å²) in [5, 5.41) is 1.99. The van der Waals surface area contributed by atoms with Crippen LogP contribution in [-0.4, -0.2) is 29.1 Å². The molecule has 1 aliphatic heterocycles. The average Bonchev–Trinajstić information content (AvgIpc) is 3.18. The highest BCUT2D eigenvalue weighted by atomic mass is 32.2. The lowest BCUT2D eigenvalue weighted by molar-refractivity contribution is 0.724. The molecule has 1 aromatic rings. The second-order valence-corrected chi connectivity index (χ2v) is 7.60. The fourth-order valence-electron chi connectivity index (χ4n) is 2.45. The zero-order valence-electron chi connectivity index (χ0n) is 10.9. The molecule has 0 aromatic carbocycles. The summed E-state index contributed by atoms with van der Waals surface area (Å²) in [5.41, 5.74) is 7.17. The van der Waals surface area contributed by atoms with Crippen molar-refractivity contribution >= 4 is 28.2 Å². The summed E-state index contributed by atoms with van der Waals surface area (Å²) < 4.78 is 0. The Morgan fingerprint density at radius 2 is 2.28 bits per heavy atom. The summed E-state index contributed by atoms with van der Waals surface area (Å²) in [6.07, 6.45) is 3.87. The largest absolute Gasteiger partial charge is 0.346 e. The minimum atomic E-state index is 0.656. The van der Waals surface area contributed by atoms with E-state index >= 15 is 0 Å². The molecule has 0 spiro atoms. The van der Waals surface area contributed by atoms with Crippen LogP contribution in [-0.2, 0) is 6.54 Å². The molecule has 0 bridgehead atoms. The first-order valence-electron chi connectivity index (χ1n) is 6.88. The molecule has 1 atom stereocenters. The van der Waals surface area contributed by atoms with E-state index in [1.165, 1.54) is 40.7 Å². The Hall–Kier alpha value is -0.260. The Bertz CT molecular complexity index is 414. The molecule has 1 saturated carbocycles. The number of nitrogens with two attached hydrogens (primary N) is 1. The highest BCUT2D eigenvalue weighted by Crippen LogP contribution is 2.44. The molecule has 3 rings (SSSR count). The molecule has 3 nitrogen and oxygen atoms in total. The molecule has 2 aliphatic rings. The Labute approximate surface area is 117 Å². The maximum Gasteiger partial charge on any atom is 0.185 e. The predicted molar refractivity (Wildman–Crippen MR) is 80.7 cm³/mol. The lowest BCUT2D eigenvalue weighted by Crippen LogP contribution is -2.37. The van der Waals surface area contributed by atoms with E-state index in [2.05, 4.69) is 23.6 Å². The first-order valence-corrected chi connectivity index (χ1v) is 8.74. The maximum atomic E-state index is 5.86. The van der Waals surface area contributed by atoms with Crippen LogP contribution in [0.15, 0.2) is 0 Å². The van der Waals surface area contributed by atoms with Gasteiger partial charge in [-0.2, -0.15) is 11.8 Å². The van der Waals surface area contributed by atoms with Crippen molar-refractivity contribution in [2.75, 3.05) is 23.7 Å². The van der Waals surface area contributed by atoms with Gasteiger partial charge in [0, 0.05) is 41.4 Å². The lowest BCUT2D eigenvalue weighted by atomic mass is 10.2. The zero-order chi connectivity index (χ0) is 12.5. The smallest absolute Gasteiger partial charge is 0.185 e. The average molecular weight is 283 g/mol. The van der Waals surface area contributed by atoms with Gasteiger partial charge < -0.3 is 10.6 Å². The lowest BCUT2D eigenvalue weighted by Gasteiger charge is -2.31. The quantitative estimate of drug-likeness (QED) is 0.922. The number of rotatable bonds is 4. The van der Waals surface area contributed by atoms with Crippen LogP contribution < -0.4 is 10.6 Å². The first-order chi connectivity index (χ1) is 8.81. The van der Waals surface area contributed by atoms with Gasteiger partial charge in [-0.1, -0.05) is 6.92 Å². The molecule has 1 aromatic heterocycles. The van der Waals surface area contributed by atoms with Crippen molar-refractivity contribution in [1.29, 1.82) is 0 Å². The van der Waals surface area contributed by atoms with Crippen LogP contribution >= 0.6 is 23.1 Å². The van der Waals surface area contributed by atoms with Crippen LogP contribution in [0.5, 0.6) is 0 Å². The minimum absolute atomic E-state index is 0.656. The number of hydrogen-bond donors (Lipinski definition) is 1. The third-order valence-corrected chi connectivity index (χ3v) is 6.26. The van der Waals surface area contributed by atoms with Crippen molar-refractivity contribution in [1.82, 2.24) is 4.98 Å². The monoisotopic (exact) mass is 283 g/mol. The number of thiazole rings is 1. The maximum absolute atomic E-state index is 5.86. The van der Waals surface area contributed by atoms with Gasteiger partial charge in [-0.05, 0) is 19.3 Å². The van der Waals surface area contributed by atoms with Crippen LogP contribution in [0.4, 0.5) is 5.13 Å². The Kier molecular flexibility index (Phi) is 3.82. The van der Waals surface area contributed by atoms with Gasteiger partial charge >= 0.3 is 0 Å². The predicted octanol–water partition coefficient (Wildman–Crippen LogP) is 2.81. The van der Waals surface area contributed by atoms with E-state index in [-0.39, 0.29) is 0 Å². The van der Waals surface area contributed by atoms with E-state index < -0.39 is 0 Å². The van der Waals surface area contributed by atoms with Gasteiger partial charge in [0.25, 0.3) is 0 Å². The summed E-state index contributed by atoms with van der Waals surface area (Å²) in [7, 11) is 0. The summed E-state index contributed by atoms with van der Waals surface area (Å²) in [6.45, 7) is 5.23. The SMILES string of the molecule is CCC1CN(c2nc(C3CC3)c(CN)s2)CCS1. The van der Waals surface area contributed by atoms with E-state index in [0.717, 1.165) is 24.3 Å². The number of anilines is 1. The molecule has 1 unspecified atom stereocenters. The molecule has 0 radical (unpaired) electrons. The Morgan fingerprint density at radius 1 is 1.44 bits per heavy atom. The zero-order valence-corrected chi connectivity index (χ0v) is 12.5. The topological polar surface area (TPSA) is 42.2 Å². The van der Waals surface area contributed by atoms with Gasteiger partial charge in [0.05, 0.1) is 5.69 Å². The van der Waals surface area contributed by atoms with E-state index in [0.29, 0.717) is 6.54 Å². The summed E-state index contributed by atoms with van der Waals surface area (Å²) >= 11 is 3.93. The minimum Gasteiger partial charge on any atom is -0.346 e. The molecule has 0 amide bonds. The van der Waals surface area contributed by atoms with Crippen molar-refractivity contribution in [3.05, 3.63) is 10.6 Å². The molecular formula is C13H21N3S2. The number of thioether (sulfide) groups is 1. The van der Waals surface area contributed by atoms with Crippen LogP contribution in [0.2, 0.25) is 0 Å². The molecule has 2 heterocycles. The van der Waals surface area contributed by atoms with Crippen molar-refractivity contribution in [2.45, 2.75) is 43.9 Å². The highest BCUT2D eigenvalue weighted by molar-refractivity contribution is 8.00. The van der Waals surface area contributed by atoms with Gasteiger partial charge in [0.1, 0.15) is 0 Å². The second kappa shape index (κ2) is 5.39. The Morgan fingerprint density at radius 3 is 2.94 bits per heavy atom. The Balaban J connectivity index is 1.78. The van der Waals surface area contributed by atoms with Crippen LogP contribution in [0.25, 0.3) is 0 Å². The highest BCUT2D eigenvalue weighted by Gasteiger charge is 2.31. The second-order valence-electron chi connectivity index (χ2n) is 5.13. The van der Waals surface area contributed by atoms with E-state index in [1.54, 1.807) is 0 Å². The summed E-state index contributed by atoms with van der Waals surface area (Å²) in [4.78, 5) is 8.68. The van der Waals surface area contributed by atoms with Crippen molar-refractivity contribution in [2.24, 2.45) is 5.73 Å². The number of nitrogens with zero attached hydrogens (tertiary/aromatic N) is 2. The molecule has 1 aliphatic carbocycles. The van der Waals surface area contributed by atoms with Crippen LogP contribution in [0.1, 0.15) is 42.7 Å². The first kappa shape index (κ1) is 12.8. The molecule has 5 heteroatoms. The number of aromatic nitrogens is 1. The van der Waals surface area contributed by atoms with Gasteiger partial charge in [-0.3, -0.25) is 0 Å². The van der Waals surface area contributed by atoms with Gasteiger partial charge in [-0.25, -0.2) is 4.98 Å². The molecule has 1 saturated heterocycles. The van der Waals surface area contributed by atoms with E-state index in [4.69, 9.17) is 10.7 Å². The molecular weight excluding hydrogens is 262 g/mol. The van der Waals surface area contributed by atoms with Gasteiger partial charge in [0.15, 0.2) is 5.13 Å². The van der Waals surface area contributed by atoms with Gasteiger partial charge in [0.2, 0.25) is 0 Å². The number of hydrogen-bond acceptors (Lipinski definition) is 5. The van der Waals surface area contributed by atoms with Crippen LogP contribution in [0.3, 0.4) is 0 Å². The van der Waals surface area contributed by atoms with Crippen molar-refractivity contribution in [3.8, 4) is 0 Å². The fourth-order valence-corrected chi connectivity index (χ4v) is 4.69. The fraction of sp³-hybridized carbons (Fsp3) is 0.769. The van der Waals surface area contributed by atoms with Crippen LogP contribution in [0, 0.1) is 0 Å². The standard InChI is InChI=1S/C13H21N3S2/c1-2-10-8-16(5-6-17-10)13-15-12(9-3-4-9)11(7-14)18-13/h9-10H,2-8,14H2,1H3. The van der Waals surface area contributed by atoms with Crippen molar-refractivity contribution in [3.63, 3.8) is 0 Å². The van der Waals surface area contributed by atoms with Gasteiger partial charge in [-0.15, -0.1) is 11.3 Å². The third-order valence-electron chi connectivity index (χ3n) is 3.73. The molecule has 18 heavy (non-hydrogen) atoms. The normalized spacial score (nSPS) is 24.6. The molecule has 100 valence electrons. The third kappa shape index (κ3) is 2.53. The summed E-state index contributed by atoms with van der Waals surface area (Å²) in [5.74, 6) is 1.95. The summed E-state index contributed by atoms with van der Waals surface area (Å²) in [6, 6.07) is 0. The van der Waals surface area contributed by atoms with E-state index in [9.17, 15) is 0 Å².